The van der Waals surface area contributed by atoms with Gasteiger partial charge < -0.3 is 15.1 Å². The Morgan fingerprint density at radius 1 is 1.43 bits per heavy atom. The molecule has 0 aromatic rings. The topological polar surface area (TPSA) is 84.5 Å². The normalized spacial score (nSPS) is 6.86. The maximum atomic E-state index is 7.17. The van der Waals surface area contributed by atoms with Gasteiger partial charge in [-0.25, -0.2) is 0 Å². The van der Waals surface area contributed by atoms with Crippen molar-refractivity contribution in [1.82, 2.24) is 0 Å². The summed E-state index contributed by atoms with van der Waals surface area (Å²) in [6.45, 7) is 0. The van der Waals surface area contributed by atoms with E-state index in [1.54, 1.807) is 0 Å². The molecule has 7 heteroatoms. The lowest BCUT2D eigenvalue weighted by atomic mass is 10.3. The van der Waals surface area contributed by atoms with E-state index in [4.69, 9.17) is 20.2 Å². The highest BCUT2D eigenvalue weighted by Gasteiger charge is 1.92. The second-order valence-electron chi connectivity index (χ2n) is 0.476. The summed E-state index contributed by atoms with van der Waals surface area (Å²) in [5.74, 6) is 0. The van der Waals surface area contributed by atoms with Crippen molar-refractivity contribution in [1.29, 1.82) is 5.16 Å². The third kappa shape index (κ3) is 575. The molecule has 4 nitrogen and oxygen atoms in total. The van der Waals surface area contributed by atoms with Gasteiger partial charge in [0.25, 0.3) is 0 Å². The van der Waals surface area contributed by atoms with Crippen molar-refractivity contribution in [3.8, 4) is 0 Å². The fraction of sp³-hybridized carbons (Fsp3) is 0. The van der Waals surface area contributed by atoms with Gasteiger partial charge in [-0.05, 0) is 0 Å². The molecule has 0 aliphatic carbocycles. The standard InChI is InChI=1S/BH3O3.H3NP2/c2-1(3)4;1-3-2/h2-4H;1H,2H2. The summed E-state index contributed by atoms with van der Waals surface area (Å²) in [4.78, 5) is 0. The molecule has 0 saturated heterocycles. The predicted molar refractivity (Wildman–Crippen MR) is 31.8 cm³/mol. The maximum absolute atomic E-state index is 7.17. The van der Waals surface area contributed by atoms with Crippen LogP contribution in [0.5, 0.6) is 0 Å². The van der Waals surface area contributed by atoms with Crippen LogP contribution in [0.3, 0.4) is 0 Å². The molecule has 1 atom stereocenters. The number of hydrogen-bond acceptors (Lipinski definition) is 4. The van der Waals surface area contributed by atoms with E-state index in [-0.39, 0.29) is 0 Å². The van der Waals surface area contributed by atoms with E-state index in [1.165, 1.54) is 0 Å². The Kier molecular flexibility index (Phi) is 14.5. The molecule has 0 aliphatic heterocycles. The Bertz CT molecular complexity index is 37.2. The molecule has 1 unspecified atom stereocenters. The van der Waals surface area contributed by atoms with E-state index in [9.17, 15) is 0 Å². The summed E-state index contributed by atoms with van der Waals surface area (Å²) in [5.41, 5.74) is 0. The third-order valence-corrected chi connectivity index (χ3v) is 0. The Morgan fingerprint density at radius 3 is 1.43 bits per heavy atom. The Hall–Kier alpha value is 0.475. The van der Waals surface area contributed by atoms with Gasteiger partial charge in [0.15, 0.2) is 0 Å². The monoisotopic (exact) mass is 141 g/mol. The van der Waals surface area contributed by atoms with Gasteiger partial charge in [0.1, 0.15) is 0 Å². The van der Waals surface area contributed by atoms with Gasteiger partial charge in [-0.3, -0.25) is 5.16 Å². The molecule has 0 aliphatic rings. The molecular weight excluding hydrogens is 135 g/mol. The Morgan fingerprint density at radius 2 is 1.43 bits per heavy atom. The number of rotatable bonds is 0. The molecule has 0 aromatic heterocycles. The Balaban J connectivity index is 0. The highest BCUT2D eigenvalue weighted by Crippen LogP contribution is 2.00. The van der Waals surface area contributed by atoms with E-state index in [0.29, 0.717) is 8.06 Å². The summed E-state index contributed by atoms with van der Waals surface area (Å²) >= 11 is 0. The zero-order valence-electron chi connectivity index (χ0n) is 3.44. The molecule has 0 bridgehead atoms. The van der Waals surface area contributed by atoms with Gasteiger partial charge >= 0.3 is 7.32 Å². The van der Waals surface area contributed by atoms with Crippen LogP contribution in [-0.4, -0.2) is 22.4 Å². The van der Waals surface area contributed by atoms with E-state index < -0.39 is 7.32 Å². The van der Waals surface area contributed by atoms with Gasteiger partial charge in [-0.15, -0.1) is 0 Å². The first kappa shape index (κ1) is 10.5. The maximum Gasteiger partial charge on any atom is 0.631 e. The number of hydrogen-bond donors (Lipinski definition) is 4. The minimum Gasteiger partial charge on any atom is -0.402 e. The van der Waals surface area contributed by atoms with Gasteiger partial charge in [0.2, 0.25) is 0 Å². The Labute approximate surface area is 45.5 Å². The molecule has 0 rings (SSSR count). The summed E-state index contributed by atoms with van der Waals surface area (Å²) in [6, 6.07) is 0. The van der Waals surface area contributed by atoms with Crippen molar-refractivity contribution in [3.05, 3.63) is 0 Å². The van der Waals surface area contributed by atoms with Crippen LogP contribution < -0.4 is 0 Å². The molecule has 0 aromatic carbocycles. The van der Waals surface area contributed by atoms with Crippen LogP contribution in [0.15, 0.2) is 0 Å². The summed E-state index contributed by atoms with van der Waals surface area (Å²) < 4.78 is 0. The molecule has 0 radical (unpaired) electrons. The summed E-state index contributed by atoms with van der Waals surface area (Å²) in [6.07, 6.45) is 0. The van der Waals surface area contributed by atoms with Crippen LogP contribution >= 0.6 is 17.0 Å². The molecular formula is H6BNO3P2. The highest BCUT2D eigenvalue weighted by atomic mass is 32.0. The number of nitrogens with one attached hydrogen (secondary N) is 1. The van der Waals surface area contributed by atoms with E-state index >= 15 is 0 Å². The van der Waals surface area contributed by atoms with Crippen molar-refractivity contribution in [2.75, 3.05) is 0 Å². The molecule has 42 valence electrons. The van der Waals surface area contributed by atoms with Crippen LogP contribution in [0.1, 0.15) is 0 Å². The summed E-state index contributed by atoms with van der Waals surface area (Å²) in [5, 5.41) is 27.6. The van der Waals surface area contributed by atoms with Crippen LogP contribution in [0.25, 0.3) is 0 Å². The van der Waals surface area contributed by atoms with Gasteiger partial charge in [0, 0.05) is 8.06 Å². The van der Waals surface area contributed by atoms with Crippen molar-refractivity contribution < 1.29 is 15.1 Å². The van der Waals surface area contributed by atoms with Crippen molar-refractivity contribution in [2.24, 2.45) is 0 Å². The molecule has 0 amide bonds. The van der Waals surface area contributed by atoms with Gasteiger partial charge in [-0.2, -0.15) is 0 Å². The fourth-order valence-electron chi connectivity index (χ4n) is 0. The largest absolute Gasteiger partial charge is 0.631 e. The minimum atomic E-state index is -2.17. The minimum absolute atomic E-state index is 0.583. The van der Waals surface area contributed by atoms with Crippen LogP contribution in [0, 0.1) is 5.16 Å². The van der Waals surface area contributed by atoms with Crippen LogP contribution in [0.2, 0.25) is 0 Å². The first-order valence-electron chi connectivity index (χ1n) is 1.26. The third-order valence-electron chi connectivity index (χ3n) is 0. The van der Waals surface area contributed by atoms with E-state index in [1.807, 2.05) is 0 Å². The van der Waals surface area contributed by atoms with Crippen LogP contribution in [0.4, 0.5) is 0 Å². The second kappa shape index (κ2) is 9.69. The van der Waals surface area contributed by atoms with E-state index in [0.717, 1.165) is 0 Å². The summed E-state index contributed by atoms with van der Waals surface area (Å²) in [7, 11) is 0.634. The highest BCUT2D eigenvalue weighted by molar-refractivity contribution is 7.96. The zero-order valence-corrected chi connectivity index (χ0v) is 5.49. The SMILES string of the molecule is N=PP.OB(O)O. The lowest BCUT2D eigenvalue weighted by Crippen LogP contribution is -2.07. The van der Waals surface area contributed by atoms with Crippen molar-refractivity contribution in [3.63, 3.8) is 0 Å². The first-order chi connectivity index (χ1) is 3.15. The molecule has 0 saturated carbocycles. The molecule has 0 heterocycles. The zero-order chi connectivity index (χ0) is 6.28. The molecule has 0 fully saturated rings. The van der Waals surface area contributed by atoms with Crippen molar-refractivity contribution in [2.45, 2.75) is 0 Å². The van der Waals surface area contributed by atoms with Gasteiger partial charge in [-0.1, -0.05) is 8.93 Å². The lowest BCUT2D eigenvalue weighted by Gasteiger charge is -1.69. The quantitative estimate of drug-likeness (QED) is 0.269. The average Bonchev–Trinajstić information content (AvgIpc) is 1.33. The van der Waals surface area contributed by atoms with Gasteiger partial charge in [0.05, 0.1) is 0 Å². The second-order valence-corrected chi connectivity index (χ2v) is 1.51. The molecule has 7 heavy (non-hydrogen) atoms. The fourth-order valence-corrected chi connectivity index (χ4v) is 0. The average molecular weight is 141 g/mol. The van der Waals surface area contributed by atoms with E-state index in [2.05, 4.69) is 8.93 Å². The van der Waals surface area contributed by atoms with Crippen LogP contribution in [-0.2, 0) is 0 Å². The predicted octanol–water partition coefficient (Wildman–Crippen LogP) is -0.567. The first-order valence-corrected chi connectivity index (χ1v) is 3.77. The van der Waals surface area contributed by atoms with Crippen molar-refractivity contribution >= 4 is 24.3 Å². The molecule has 4 N–H and O–H groups in total. The smallest absolute Gasteiger partial charge is 0.402 e. The lowest BCUT2D eigenvalue weighted by molar-refractivity contribution is 0.278. The molecule has 0 spiro atoms.